The molecule has 1 heterocycles. The zero-order valence-electron chi connectivity index (χ0n) is 12.4. The molecule has 1 aliphatic rings. The van der Waals surface area contributed by atoms with Crippen molar-refractivity contribution >= 4 is 29.6 Å². The van der Waals surface area contributed by atoms with Crippen LogP contribution in [0.3, 0.4) is 0 Å². The second-order valence-electron chi connectivity index (χ2n) is 4.17. The van der Waals surface area contributed by atoms with E-state index in [4.69, 9.17) is 0 Å². The van der Waals surface area contributed by atoms with Gasteiger partial charge in [-0.3, -0.25) is 15.0 Å². The number of carbonyl (C=O) groups is 4. The van der Waals surface area contributed by atoms with Crippen LogP contribution < -0.4 is 5.43 Å². The van der Waals surface area contributed by atoms with E-state index in [2.05, 4.69) is 29.5 Å². The number of nitrogens with zero attached hydrogens (tertiary/aromatic N) is 1. The summed E-state index contributed by atoms with van der Waals surface area (Å²) in [7, 11) is 4.33. The summed E-state index contributed by atoms with van der Waals surface area (Å²) in [4.78, 5) is 47.5. The minimum absolute atomic E-state index is 0.398. The van der Waals surface area contributed by atoms with Crippen LogP contribution in [0.1, 0.15) is 0 Å². The van der Waals surface area contributed by atoms with Gasteiger partial charge in [-0.25, -0.2) is 9.59 Å². The average molecular weight is 316 g/mol. The fraction of sp³-hybridized carbons (Fsp3) is 0.583. The van der Waals surface area contributed by atoms with E-state index in [1.54, 1.807) is 0 Å². The normalized spacial score (nSPS) is 23.5. The van der Waals surface area contributed by atoms with Crippen LogP contribution in [-0.4, -0.2) is 64.1 Å². The lowest BCUT2D eigenvalue weighted by molar-refractivity contribution is -0.162. The molecule has 0 aromatic rings. The molecule has 10 heteroatoms. The highest BCUT2D eigenvalue weighted by molar-refractivity contribution is 6.41. The molecular formula is C12H16N2O8. The zero-order chi connectivity index (χ0) is 16.9. The molecular weight excluding hydrogens is 300 g/mol. The lowest BCUT2D eigenvalue weighted by atomic mass is 9.81. The van der Waals surface area contributed by atoms with Crippen molar-refractivity contribution in [3.05, 3.63) is 0 Å². The Morgan fingerprint density at radius 3 is 1.86 bits per heavy atom. The van der Waals surface area contributed by atoms with Crippen molar-refractivity contribution in [1.82, 2.24) is 5.43 Å². The van der Waals surface area contributed by atoms with Gasteiger partial charge in [0.15, 0.2) is 11.8 Å². The van der Waals surface area contributed by atoms with Crippen molar-refractivity contribution in [1.29, 1.82) is 0 Å². The molecule has 22 heavy (non-hydrogen) atoms. The fourth-order valence-corrected chi connectivity index (χ4v) is 2.05. The fourth-order valence-electron chi connectivity index (χ4n) is 2.05. The molecule has 0 fully saturated rings. The number of hydrogen-bond donors (Lipinski definition) is 1. The van der Waals surface area contributed by atoms with Gasteiger partial charge in [0.2, 0.25) is 0 Å². The monoisotopic (exact) mass is 316 g/mol. The van der Waals surface area contributed by atoms with Crippen molar-refractivity contribution in [3.8, 4) is 0 Å². The van der Waals surface area contributed by atoms with Crippen molar-refractivity contribution in [3.63, 3.8) is 0 Å². The summed E-state index contributed by atoms with van der Waals surface area (Å²) >= 11 is 0. The highest BCUT2D eigenvalue weighted by Gasteiger charge is 2.52. The Kier molecular flexibility index (Phi) is 5.84. The van der Waals surface area contributed by atoms with Crippen LogP contribution in [0.4, 0.5) is 0 Å². The molecule has 10 nitrogen and oxygen atoms in total. The molecule has 1 rings (SSSR count). The quantitative estimate of drug-likeness (QED) is 0.473. The first-order valence-corrected chi connectivity index (χ1v) is 6.07. The first kappa shape index (κ1) is 17.4. The second kappa shape index (κ2) is 7.38. The Morgan fingerprint density at radius 2 is 1.41 bits per heavy atom. The summed E-state index contributed by atoms with van der Waals surface area (Å²) in [6.45, 7) is 0. The maximum absolute atomic E-state index is 12.0. The third kappa shape index (κ3) is 3.15. The third-order valence-corrected chi connectivity index (χ3v) is 3.12. The minimum Gasteiger partial charge on any atom is -0.469 e. The molecule has 0 aromatic heterocycles. The first-order chi connectivity index (χ1) is 10.4. The molecule has 122 valence electrons. The van der Waals surface area contributed by atoms with Crippen LogP contribution in [0.25, 0.3) is 0 Å². The van der Waals surface area contributed by atoms with Gasteiger partial charge in [-0.2, -0.15) is 5.10 Å². The number of esters is 4. The van der Waals surface area contributed by atoms with E-state index in [1.807, 2.05) is 0 Å². The Morgan fingerprint density at radius 1 is 0.864 bits per heavy atom. The largest absolute Gasteiger partial charge is 0.469 e. The molecule has 3 atom stereocenters. The molecule has 0 unspecified atom stereocenters. The summed E-state index contributed by atoms with van der Waals surface area (Å²) in [6.07, 6.45) is 0. The van der Waals surface area contributed by atoms with E-state index < -0.39 is 47.5 Å². The summed E-state index contributed by atoms with van der Waals surface area (Å²) < 4.78 is 18.2. The van der Waals surface area contributed by atoms with Gasteiger partial charge in [0.05, 0.1) is 28.4 Å². The van der Waals surface area contributed by atoms with Crippen LogP contribution in [0.5, 0.6) is 0 Å². The highest BCUT2D eigenvalue weighted by Crippen LogP contribution is 2.26. The van der Waals surface area contributed by atoms with E-state index in [9.17, 15) is 19.2 Å². The molecule has 0 radical (unpaired) electrons. The minimum atomic E-state index is -1.46. The van der Waals surface area contributed by atoms with Crippen molar-refractivity contribution in [2.24, 2.45) is 16.9 Å². The van der Waals surface area contributed by atoms with Gasteiger partial charge in [0.25, 0.3) is 0 Å². The number of rotatable bonds is 4. The van der Waals surface area contributed by atoms with Gasteiger partial charge >= 0.3 is 23.9 Å². The number of nitrogens with one attached hydrogen (secondary N) is 1. The van der Waals surface area contributed by atoms with Gasteiger partial charge in [-0.1, -0.05) is 0 Å². The number of ether oxygens (including phenoxy) is 4. The molecule has 1 N–H and O–H groups in total. The van der Waals surface area contributed by atoms with Gasteiger partial charge in [-0.05, 0) is 0 Å². The van der Waals surface area contributed by atoms with Gasteiger partial charge < -0.3 is 18.9 Å². The zero-order valence-corrected chi connectivity index (χ0v) is 12.4. The molecule has 0 spiro atoms. The second-order valence-corrected chi connectivity index (χ2v) is 4.17. The Balaban J connectivity index is 3.38. The molecule has 0 aromatic carbocycles. The summed E-state index contributed by atoms with van der Waals surface area (Å²) in [5.74, 6) is -6.49. The summed E-state index contributed by atoms with van der Waals surface area (Å²) in [5, 5.41) is 3.65. The molecule has 0 saturated heterocycles. The van der Waals surface area contributed by atoms with Crippen molar-refractivity contribution in [2.45, 2.75) is 6.04 Å². The predicted octanol–water partition coefficient (Wildman–Crippen LogP) is -1.76. The van der Waals surface area contributed by atoms with E-state index in [1.165, 1.54) is 0 Å². The summed E-state index contributed by atoms with van der Waals surface area (Å²) in [6, 6.07) is -1.31. The topological polar surface area (TPSA) is 130 Å². The van der Waals surface area contributed by atoms with Crippen LogP contribution >= 0.6 is 0 Å². The number of methoxy groups -OCH3 is 4. The van der Waals surface area contributed by atoms with Crippen molar-refractivity contribution < 1.29 is 38.1 Å². The van der Waals surface area contributed by atoms with Crippen molar-refractivity contribution in [2.75, 3.05) is 28.4 Å². The van der Waals surface area contributed by atoms with Crippen LogP contribution in [0.15, 0.2) is 5.10 Å². The lowest BCUT2D eigenvalue weighted by Crippen LogP contribution is -2.57. The number of hydrogen-bond acceptors (Lipinski definition) is 10. The van der Waals surface area contributed by atoms with E-state index in [0.29, 0.717) is 0 Å². The molecule has 0 aliphatic carbocycles. The highest BCUT2D eigenvalue weighted by atomic mass is 16.5. The van der Waals surface area contributed by atoms with Crippen LogP contribution in [0.2, 0.25) is 0 Å². The third-order valence-electron chi connectivity index (χ3n) is 3.12. The van der Waals surface area contributed by atoms with Gasteiger partial charge in [-0.15, -0.1) is 0 Å². The number of carbonyl (C=O) groups excluding carboxylic acids is 4. The SMILES string of the molecule is COC(=O)C1=NN[C@H](C(=O)OC)[C@@H](C(=O)OC)[C@H]1C(=O)OC. The average Bonchev–Trinajstić information content (AvgIpc) is 2.57. The maximum Gasteiger partial charge on any atom is 0.355 e. The van der Waals surface area contributed by atoms with E-state index >= 15 is 0 Å². The maximum atomic E-state index is 12.0. The molecule has 0 amide bonds. The molecule has 0 bridgehead atoms. The smallest absolute Gasteiger partial charge is 0.355 e. The molecule has 0 saturated carbocycles. The van der Waals surface area contributed by atoms with E-state index in [-0.39, 0.29) is 0 Å². The Hall–Kier alpha value is -2.65. The van der Waals surface area contributed by atoms with Crippen LogP contribution in [0, 0.1) is 11.8 Å². The van der Waals surface area contributed by atoms with Gasteiger partial charge in [0, 0.05) is 0 Å². The standard InChI is InChI=1S/C12H16N2O8/c1-19-9(15)5-6(10(16)20-2)8(12(18)22-4)14-13-7(5)11(17)21-3/h5-7,13H,1-4H3/t5-,6+,7-/m0/s1. The summed E-state index contributed by atoms with van der Waals surface area (Å²) in [5.41, 5.74) is 1.92. The predicted molar refractivity (Wildman–Crippen MR) is 69.4 cm³/mol. The number of hydrazone groups is 1. The lowest BCUT2D eigenvalue weighted by Gasteiger charge is -2.32. The van der Waals surface area contributed by atoms with Crippen LogP contribution in [-0.2, 0) is 38.1 Å². The molecule has 1 aliphatic heterocycles. The van der Waals surface area contributed by atoms with E-state index in [0.717, 1.165) is 28.4 Å². The Labute approximate surface area is 125 Å². The first-order valence-electron chi connectivity index (χ1n) is 6.07. The Bertz CT molecular complexity index is 515. The van der Waals surface area contributed by atoms with Gasteiger partial charge in [0.1, 0.15) is 11.8 Å².